The molecule has 0 aliphatic carbocycles. The average Bonchev–Trinajstić information content (AvgIpc) is 3.41. The maximum absolute atomic E-state index is 12.8. The lowest BCUT2D eigenvalue weighted by Crippen LogP contribution is -2.35. The van der Waals surface area contributed by atoms with Crippen LogP contribution in [0.5, 0.6) is 11.6 Å². The molecule has 0 amide bonds. The molecule has 4 aromatic rings. The van der Waals surface area contributed by atoms with Gasteiger partial charge in [-0.1, -0.05) is 64.1 Å². The first-order chi connectivity index (χ1) is 21.0. The second-order valence-electron chi connectivity index (χ2n) is 11.6. The summed E-state index contributed by atoms with van der Waals surface area (Å²) in [4.78, 5) is 25.8. The Morgan fingerprint density at radius 1 is 1.09 bits per heavy atom. The van der Waals surface area contributed by atoms with Gasteiger partial charge in [-0.2, -0.15) is 9.97 Å². The molecule has 0 fully saturated rings. The van der Waals surface area contributed by atoms with Crippen LogP contribution in [0.25, 0.3) is 21.9 Å². The van der Waals surface area contributed by atoms with Crippen molar-refractivity contribution in [1.82, 2.24) is 24.6 Å². The minimum absolute atomic E-state index is 0.0859. The van der Waals surface area contributed by atoms with Crippen LogP contribution in [0.4, 0.5) is 5.95 Å². The van der Waals surface area contributed by atoms with Gasteiger partial charge in [0.05, 0.1) is 32.3 Å². The highest BCUT2D eigenvalue weighted by Crippen LogP contribution is 2.40. The van der Waals surface area contributed by atoms with E-state index in [9.17, 15) is 4.79 Å². The number of carbonyl (C=O) groups excluding carboxylic acids is 1. The first-order valence-corrected chi connectivity index (χ1v) is 16.0. The third-order valence-electron chi connectivity index (χ3n) is 6.53. The highest BCUT2D eigenvalue weighted by Gasteiger charge is 2.27. The van der Waals surface area contributed by atoms with Crippen LogP contribution in [0, 0.1) is 5.41 Å². The predicted molar refractivity (Wildman–Crippen MR) is 171 cm³/mol. The van der Waals surface area contributed by atoms with Gasteiger partial charge in [-0.05, 0) is 44.1 Å². The first kappa shape index (κ1) is 33.3. The minimum atomic E-state index is -1.77. The zero-order chi connectivity index (χ0) is 31.9. The second kappa shape index (κ2) is 14.9. The number of carbonyl (C=O) groups is 1. The van der Waals surface area contributed by atoms with Gasteiger partial charge in [0.15, 0.2) is 11.2 Å². The molecule has 2 aromatic carbocycles. The molecule has 4 unspecified atom stereocenters. The number of ether oxygens (including phenoxy) is 3. The summed E-state index contributed by atoms with van der Waals surface area (Å²) in [5.74, 6) is 0.678. The van der Waals surface area contributed by atoms with Gasteiger partial charge >= 0.3 is 14.5 Å². The van der Waals surface area contributed by atoms with Crippen molar-refractivity contribution < 1.29 is 28.1 Å². The number of hydrogen-bond acceptors (Lipinski definition) is 11. The van der Waals surface area contributed by atoms with Crippen molar-refractivity contribution >= 4 is 42.4 Å². The summed E-state index contributed by atoms with van der Waals surface area (Å²) in [6.07, 6.45) is 1.50. The molecule has 0 aliphatic rings. The zero-order valence-electron chi connectivity index (χ0n) is 26.4. The zero-order valence-corrected chi connectivity index (χ0v) is 27.3. The molecular formula is C31H43N6O6P. The number of anilines is 1. The summed E-state index contributed by atoms with van der Waals surface area (Å²) >= 11 is 0. The number of nitrogens with zero attached hydrogens (tertiary/aromatic N) is 4. The Kier molecular flexibility index (Phi) is 11.3. The third kappa shape index (κ3) is 8.75. The molecule has 0 spiro atoms. The maximum Gasteiger partial charge on any atom is 0.323 e. The maximum atomic E-state index is 12.8. The molecule has 2 heterocycles. The SMILES string of the molecule is CCOc1nc(N)nc2c1ncn2C(C)OC(CC)COP(NC(C)C(=O)OCC(C)(C)C)Oc1cccc2ccccc12. The molecule has 0 radical (unpaired) electrons. The summed E-state index contributed by atoms with van der Waals surface area (Å²) in [6, 6.07) is 13.1. The van der Waals surface area contributed by atoms with Gasteiger partial charge in [-0.15, -0.1) is 0 Å². The number of nitrogen functional groups attached to an aromatic ring is 1. The fraction of sp³-hybridized carbons (Fsp3) is 0.484. The molecule has 0 aliphatic heterocycles. The first-order valence-electron chi connectivity index (χ1n) is 14.8. The van der Waals surface area contributed by atoms with Gasteiger partial charge < -0.3 is 29.0 Å². The third-order valence-corrected chi connectivity index (χ3v) is 7.88. The van der Waals surface area contributed by atoms with Gasteiger partial charge in [0.1, 0.15) is 18.0 Å². The number of fused-ring (bicyclic) bond motifs is 2. The van der Waals surface area contributed by atoms with Crippen LogP contribution in [-0.2, 0) is 18.8 Å². The van der Waals surface area contributed by atoms with E-state index in [1.165, 1.54) is 0 Å². The van der Waals surface area contributed by atoms with E-state index in [0.29, 0.717) is 42.4 Å². The van der Waals surface area contributed by atoms with E-state index in [-0.39, 0.29) is 30.0 Å². The van der Waals surface area contributed by atoms with Crippen molar-refractivity contribution in [3.05, 3.63) is 48.8 Å². The Balaban J connectivity index is 1.49. The highest BCUT2D eigenvalue weighted by molar-refractivity contribution is 7.45. The monoisotopic (exact) mass is 626 g/mol. The van der Waals surface area contributed by atoms with Crippen molar-refractivity contribution in [1.29, 1.82) is 0 Å². The number of rotatable bonds is 15. The Bertz CT molecular complexity index is 1540. The average molecular weight is 627 g/mol. The molecule has 44 heavy (non-hydrogen) atoms. The van der Waals surface area contributed by atoms with Crippen LogP contribution in [0.2, 0.25) is 0 Å². The number of hydrogen-bond donors (Lipinski definition) is 2. The van der Waals surface area contributed by atoms with Crippen molar-refractivity contribution in [2.24, 2.45) is 5.41 Å². The topological polar surface area (TPSA) is 145 Å². The normalized spacial score (nSPS) is 14.7. The number of nitrogens with two attached hydrogens (primary N) is 1. The van der Waals surface area contributed by atoms with Crippen molar-refractivity contribution in [2.75, 3.05) is 25.6 Å². The summed E-state index contributed by atoms with van der Waals surface area (Å²) in [5.41, 5.74) is 6.80. The highest BCUT2D eigenvalue weighted by atomic mass is 31.2. The molecule has 13 heteroatoms. The number of benzene rings is 2. The minimum Gasteiger partial charge on any atom is -0.476 e. The van der Waals surface area contributed by atoms with Crippen LogP contribution in [0.1, 0.15) is 61.1 Å². The van der Waals surface area contributed by atoms with Gasteiger partial charge in [-0.25, -0.2) is 10.1 Å². The van der Waals surface area contributed by atoms with Crippen molar-refractivity contribution in [2.45, 2.75) is 73.3 Å². The molecule has 238 valence electrons. The lowest BCUT2D eigenvalue weighted by Gasteiger charge is -2.26. The molecule has 4 rings (SSSR count). The lowest BCUT2D eigenvalue weighted by molar-refractivity contribution is -0.148. The van der Waals surface area contributed by atoms with Crippen LogP contribution in [-0.4, -0.2) is 57.5 Å². The molecule has 0 saturated heterocycles. The Labute approximate surface area is 259 Å². The number of esters is 1. The van der Waals surface area contributed by atoms with E-state index >= 15 is 0 Å². The van der Waals surface area contributed by atoms with Gasteiger partial charge in [0.25, 0.3) is 0 Å². The largest absolute Gasteiger partial charge is 0.476 e. The smallest absolute Gasteiger partial charge is 0.323 e. The van der Waals surface area contributed by atoms with E-state index in [1.54, 1.807) is 17.8 Å². The van der Waals surface area contributed by atoms with E-state index in [0.717, 1.165) is 10.8 Å². The van der Waals surface area contributed by atoms with Crippen LogP contribution in [0.15, 0.2) is 48.8 Å². The molecule has 0 saturated carbocycles. The van der Waals surface area contributed by atoms with Crippen molar-refractivity contribution in [3.8, 4) is 11.6 Å². The van der Waals surface area contributed by atoms with Gasteiger partial charge in [-0.3, -0.25) is 9.36 Å². The molecule has 2 aromatic heterocycles. The fourth-order valence-electron chi connectivity index (χ4n) is 4.24. The quantitative estimate of drug-likeness (QED) is 0.116. The van der Waals surface area contributed by atoms with Crippen molar-refractivity contribution in [3.63, 3.8) is 0 Å². The van der Waals surface area contributed by atoms with E-state index in [1.807, 2.05) is 84.0 Å². The summed E-state index contributed by atoms with van der Waals surface area (Å²) in [6.45, 7) is 14.4. The Morgan fingerprint density at radius 2 is 1.84 bits per heavy atom. The molecule has 3 N–H and O–H groups in total. The molecule has 12 nitrogen and oxygen atoms in total. The number of aromatic nitrogens is 4. The predicted octanol–water partition coefficient (Wildman–Crippen LogP) is 6.16. The van der Waals surface area contributed by atoms with Gasteiger partial charge in [0.2, 0.25) is 11.8 Å². The van der Waals surface area contributed by atoms with Gasteiger partial charge in [0, 0.05) is 5.39 Å². The summed E-state index contributed by atoms with van der Waals surface area (Å²) in [5, 5.41) is 5.18. The summed E-state index contributed by atoms with van der Waals surface area (Å²) < 4.78 is 32.0. The van der Waals surface area contributed by atoms with Crippen LogP contribution < -0.4 is 20.1 Å². The lowest BCUT2D eigenvalue weighted by atomic mass is 9.99. The summed E-state index contributed by atoms with van der Waals surface area (Å²) in [7, 11) is -1.77. The second-order valence-corrected chi connectivity index (χ2v) is 12.8. The standard InChI is InChI=1S/C31H43N6O6P/c1-8-23(42-21(4)37-19-33-26-27(37)34-30(32)35-28(26)39-9-2)17-41-44(36-20(3)29(38)40-18-31(5,6)7)43-25-16-12-14-22-13-10-11-15-24(22)25/h10-16,19-21,23,36H,8-9,17-18H2,1-7H3,(H2,32,34,35). The van der Waals surface area contributed by atoms with Crippen LogP contribution in [0.3, 0.4) is 0 Å². The molecule has 4 atom stereocenters. The Morgan fingerprint density at radius 3 is 2.57 bits per heavy atom. The molecular weight excluding hydrogens is 583 g/mol. The van der Waals surface area contributed by atoms with E-state index in [2.05, 4.69) is 20.0 Å². The number of imidazole rings is 1. The number of nitrogens with one attached hydrogen (secondary N) is 1. The fourth-order valence-corrected chi connectivity index (χ4v) is 5.48. The van der Waals surface area contributed by atoms with Crippen LogP contribution >= 0.6 is 8.53 Å². The molecule has 0 bridgehead atoms. The van der Waals surface area contributed by atoms with E-state index in [4.69, 9.17) is 29.0 Å². The Hall–Kier alpha value is -3.57. The van der Waals surface area contributed by atoms with E-state index < -0.39 is 20.8 Å².